The van der Waals surface area contributed by atoms with Crippen molar-refractivity contribution in [3.8, 4) is 0 Å². The van der Waals surface area contributed by atoms with Crippen molar-refractivity contribution in [3.05, 3.63) is 45.4 Å². The fourth-order valence-electron chi connectivity index (χ4n) is 1.67. The SMILES string of the molecule is Cc1ccsc1CNc1cc(F)c(C(=O)O)cc1N. The number of thiophene rings is 1. The molecule has 6 heteroatoms. The van der Waals surface area contributed by atoms with Crippen LogP contribution in [0.25, 0.3) is 0 Å². The molecule has 0 bridgehead atoms. The first-order valence-corrected chi connectivity index (χ1v) is 6.46. The molecule has 0 amide bonds. The fourth-order valence-corrected chi connectivity index (χ4v) is 2.51. The van der Waals surface area contributed by atoms with E-state index in [1.54, 1.807) is 11.3 Å². The van der Waals surface area contributed by atoms with Crippen molar-refractivity contribution in [1.82, 2.24) is 0 Å². The molecule has 1 aromatic heterocycles. The normalized spacial score (nSPS) is 10.4. The molecule has 1 aromatic carbocycles. The van der Waals surface area contributed by atoms with Crippen LogP contribution in [0.5, 0.6) is 0 Å². The van der Waals surface area contributed by atoms with Crippen LogP contribution >= 0.6 is 11.3 Å². The van der Waals surface area contributed by atoms with E-state index in [-0.39, 0.29) is 5.69 Å². The van der Waals surface area contributed by atoms with E-state index in [1.807, 2.05) is 18.4 Å². The second-order valence-electron chi connectivity index (χ2n) is 4.10. The predicted octanol–water partition coefficient (Wildman–Crippen LogP) is 3.09. The highest BCUT2D eigenvalue weighted by molar-refractivity contribution is 7.10. The number of nitrogens with one attached hydrogen (secondary N) is 1. The molecule has 19 heavy (non-hydrogen) atoms. The smallest absolute Gasteiger partial charge is 0.338 e. The summed E-state index contributed by atoms with van der Waals surface area (Å²) in [7, 11) is 0. The van der Waals surface area contributed by atoms with Crippen molar-refractivity contribution in [2.24, 2.45) is 0 Å². The predicted molar refractivity (Wildman–Crippen MR) is 74.2 cm³/mol. The van der Waals surface area contributed by atoms with Crippen LogP contribution in [-0.4, -0.2) is 11.1 Å². The highest BCUT2D eigenvalue weighted by Crippen LogP contribution is 2.25. The van der Waals surface area contributed by atoms with Gasteiger partial charge in [0.05, 0.1) is 16.9 Å². The number of benzene rings is 1. The zero-order valence-electron chi connectivity index (χ0n) is 10.2. The van der Waals surface area contributed by atoms with Crippen LogP contribution in [0.2, 0.25) is 0 Å². The van der Waals surface area contributed by atoms with E-state index in [2.05, 4.69) is 5.32 Å². The maximum absolute atomic E-state index is 13.6. The molecule has 2 rings (SSSR count). The summed E-state index contributed by atoms with van der Waals surface area (Å²) in [5, 5.41) is 13.8. The first-order valence-electron chi connectivity index (χ1n) is 5.58. The molecule has 2 aromatic rings. The number of rotatable bonds is 4. The van der Waals surface area contributed by atoms with Crippen LogP contribution in [-0.2, 0) is 6.54 Å². The van der Waals surface area contributed by atoms with Gasteiger partial charge < -0.3 is 16.2 Å². The van der Waals surface area contributed by atoms with Crippen LogP contribution in [0.4, 0.5) is 15.8 Å². The van der Waals surface area contributed by atoms with E-state index in [0.717, 1.165) is 22.6 Å². The molecular formula is C13H13FN2O2S. The van der Waals surface area contributed by atoms with Gasteiger partial charge in [0.2, 0.25) is 0 Å². The average molecular weight is 280 g/mol. The summed E-state index contributed by atoms with van der Waals surface area (Å²) in [6.07, 6.45) is 0. The second-order valence-corrected chi connectivity index (χ2v) is 5.11. The highest BCUT2D eigenvalue weighted by Gasteiger charge is 2.13. The lowest BCUT2D eigenvalue weighted by molar-refractivity contribution is 0.0692. The van der Waals surface area contributed by atoms with Gasteiger partial charge in [-0.3, -0.25) is 0 Å². The van der Waals surface area contributed by atoms with Crippen molar-refractivity contribution in [3.63, 3.8) is 0 Å². The van der Waals surface area contributed by atoms with Crippen LogP contribution in [0.1, 0.15) is 20.8 Å². The van der Waals surface area contributed by atoms with Crippen molar-refractivity contribution in [2.45, 2.75) is 13.5 Å². The number of hydrogen-bond acceptors (Lipinski definition) is 4. The molecule has 0 radical (unpaired) electrons. The Kier molecular flexibility index (Phi) is 3.71. The first kappa shape index (κ1) is 13.4. The van der Waals surface area contributed by atoms with Crippen molar-refractivity contribution >= 4 is 28.7 Å². The number of nitrogens with two attached hydrogens (primary N) is 1. The lowest BCUT2D eigenvalue weighted by Gasteiger charge is -2.10. The molecule has 0 aliphatic carbocycles. The first-order chi connectivity index (χ1) is 8.99. The van der Waals surface area contributed by atoms with Gasteiger partial charge in [0, 0.05) is 11.4 Å². The average Bonchev–Trinajstić information content (AvgIpc) is 2.75. The van der Waals surface area contributed by atoms with E-state index in [1.165, 1.54) is 0 Å². The quantitative estimate of drug-likeness (QED) is 0.752. The summed E-state index contributed by atoms with van der Waals surface area (Å²) in [5.41, 5.74) is 7.06. The van der Waals surface area contributed by atoms with Gasteiger partial charge in [-0.05, 0) is 36.1 Å². The maximum Gasteiger partial charge on any atom is 0.338 e. The minimum atomic E-state index is -1.33. The number of carbonyl (C=O) groups is 1. The van der Waals surface area contributed by atoms with Crippen LogP contribution in [0.15, 0.2) is 23.6 Å². The Hall–Kier alpha value is -2.08. The number of aryl methyl sites for hydroxylation is 1. The second kappa shape index (κ2) is 5.27. The zero-order valence-corrected chi connectivity index (χ0v) is 11.1. The van der Waals surface area contributed by atoms with Crippen molar-refractivity contribution < 1.29 is 14.3 Å². The van der Waals surface area contributed by atoms with Crippen LogP contribution in [0.3, 0.4) is 0 Å². The standard InChI is InChI=1S/C13H13FN2O2S/c1-7-2-3-19-12(7)6-16-11-5-9(14)8(13(17)18)4-10(11)15/h2-5,16H,6,15H2,1H3,(H,17,18). The zero-order chi connectivity index (χ0) is 14.0. The Morgan fingerprint density at radius 1 is 1.53 bits per heavy atom. The summed E-state index contributed by atoms with van der Waals surface area (Å²) in [4.78, 5) is 11.9. The number of anilines is 2. The van der Waals surface area contributed by atoms with E-state index in [9.17, 15) is 9.18 Å². The maximum atomic E-state index is 13.6. The monoisotopic (exact) mass is 280 g/mol. The van der Waals surface area contributed by atoms with Gasteiger partial charge >= 0.3 is 5.97 Å². The number of hydrogen-bond donors (Lipinski definition) is 3. The topological polar surface area (TPSA) is 75.3 Å². The van der Waals surface area contributed by atoms with E-state index in [4.69, 9.17) is 10.8 Å². The fraction of sp³-hybridized carbons (Fsp3) is 0.154. The molecule has 4 N–H and O–H groups in total. The molecule has 4 nitrogen and oxygen atoms in total. The van der Waals surface area contributed by atoms with Gasteiger partial charge in [0.25, 0.3) is 0 Å². The van der Waals surface area contributed by atoms with Gasteiger partial charge in [0.15, 0.2) is 0 Å². The summed E-state index contributed by atoms with van der Waals surface area (Å²) in [5.74, 6) is -2.13. The lowest BCUT2D eigenvalue weighted by Crippen LogP contribution is -2.07. The van der Waals surface area contributed by atoms with Gasteiger partial charge in [-0.25, -0.2) is 9.18 Å². The van der Waals surface area contributed by atoms with Gasteiger partial charge in [-0.2, -0.15) is 0 Å². The summed E-state index contributed by atoms with van der Waals surface area (Å²) in [6, 6.07) is 4.24. The Balaban J connectivity index is 2.20. The Morgan fingerprint density at radius 3 is 2.84 bits per heavy atom. The molecule has 0 aliphatic heterocycles. The third-order valence-corrected chi connectivity index (χ3v) is 3.80. The molecular weight excluding hydrogens is 267 g/mol. The van der Waals surface area contributed by atoms with Crippen LogP contribution in [0, 0.1) is 12.7 Å². The van der Waals surface area contributed by atoms with Gasteiger partial charge in [0.1, 0.15) is 5.82 Å². The molecule has 0 aliphatic rings. The molecule has 0 spiro atoms. The Labute approximate surface area is 113 Å². The Morgan fingerprint density at radius 2 is 2.26 bits per heavy atom. The number of carboxylic acid groups (broad SMARTS) is 1. The minimum Gasteiger partial charge on any atom is -0.478 e. The molecule has 0 unspecified atom stereocenters. The van der Waals surface area contributed by atoms with Gasteiger partial charge in [-0.15, -0.1) is 11.3 Å². The third kappa shape index (κ3) is 2.85. The summed E-state index contributed by atoms with van der Waals surface area (Å²) < 4.78 is 13.6. The largest absolute Gasteiger partial charge is 0.478 e. The molecule has 0 saturated heterocycles. The minimum absolute atomic E-state index is 0.216. The van der Waals surface area contributed by atoms with Crippen LogP contribution < -0.4 is 11.1 Å². The molecule has 1 heterocycles. The molecule has 0 fully saturated rings. The number of aromatic carboxylic acids is 1. The van der Waals surface area contributed by atoms with E-state index in [0.29, 0.717) is 12.2 Å². The summed E-state index contributed by atoms with van der Waals surface area (Å²) >= 11 is 1.60. The highest BCUT2D eigenvalue weighted by atomic mass is 32.1. The summed E-state index contributed by atoms with van der Waals surface area (Å²) in [6.45, 7) is 2.52. The number of halogens is 1. The molecule has 0 saturated carbocycles. The van der Waals surface area contributed by atoms with E-state index < -0.39 is 17.3 Å². The Bertz CT molecular complexity index is 625. The third-order valence-electron chi connectivity index (χ3n) is 2.78. The lowest BCUT2D eigenvalue weighted by atomic mass is 10.1. The van der Waals surface area contributed by atoms with E-state index >= 15 is 0 Å². The van der Waals surface area contributed by atoms with Crippen molar-refractivity contribution in [1.29, 1.82) is 0 Å². The number of nitrogen functional groups attached to an aromatic ring is 1. The molecule has 0 atom stereocenters. The van der Waals surface area contributed by atoms with Gasteiger partial charge in [-0.1, -0.05) is 0 Å². The van der Waals surface area contributed by atoms with Crippen molar-refractivity contribution in [2.75, 3.05) is 11.1 Å². The number of carboxylic acids is 1. The molecule has 100 valence electrons.